The molecule has 0 aliphatic carbocycles. The van der Waals surface area contributed by atoms with Crippen molar-refractivity contribution in [2.45, 2.75) is 33.1 Å². The molecule has 0 aliphatic rings. The molecule has 3 N–H and O–H groups in total. The molecule has 0 aliphatic heterocycles. The summed E-state index contributed by atoms with van der Waals surface area (Å²) in [4.78, 5) is 21.8. The quantitative estimate of drug-likeness (QED) is 0.717. The molecule has 0 saturated heterocycles. The van der Waals surface area contributed by atoms with E-state index in [1.54, 1.807) is 6.20 Å². The Kier molecular flexibility index (Phi) is 7.28. The molecule has 0 spiro atoms. The lowest BCUT2D eigenvalue weighted by Gasteiger charge is -2.23. The van der Waals surface area contributed by atoms with Gasteiger partial charge in [-0.15, -0.1) is 0 Å². The van der Waals surface area contributed by atoms with Crippen LogP contribution in [0.1, 0.15) is 33.1 Å². The van der Waals surface area contributed by atoms with Crippen molar-refractivity contribution in [1.29, 1.82) is 0 Å². The molecule has 0 unspecified atom stereocenters. The number of nitrogens with zero attached hydrogens (tertiary/aromatic N) is 3. The van der Waals surface area contributed by atoms with E-state index in [1.165, 1.54) is 0 Å². The monoisotopic (exact) mass is 343 g/mol. The van der Waals surface area contributed by atoms with Gasteiger partial charge in [-0.2, -0.15) is 4.98 Å². The normalized spacial score (nSPS) is 10.3. The first-order chi connectivity index (χ1) is 9.58. The minimum atomic E-state index is -0.366. The van der Waals surface area contributed by atoms with Gasteiger partial charge in [-0.3, -0.25) is 4.79 Å². The number of unbranched alkanes of at least 4 members (excludes halogenated alkanes) is 1. The second kappa shape index (κ2) is 8.73. The predicted molar refractivity (Wildman–Crippen MR) is 84.8 cm³/mol. The van der Waals surface area contributed by atoms with Crippen LogP contribution in [0.4, 0.5) is 11.8 Å². The molecule has 0 fully saturated rings. The van der Waals surface area contributed by atoms with Gasteiger partial charge in [0.2, 0.25) is 11.9 Å². The van der Waals surface area contributed by atoms with E-state index in [-0.39, 0.29) is 12.5 Å². The molecule has 0 saturated carbocycles. The van der Waals surface area contributed by atoms with Crippen LogP contribution in [0.2, 0.25) is 0 Å². The van der Waals surface area contributed by atoms with Crippen LogP contribution in [0.15, 0.2) is 10.7 Å². The van der Waals surface area contributed by atoms with Crippen molar-refractivity contribution in [2.75, 3.05) is 29.9 Å². The van der Waals surface area contributed by atoms with Gasteiger partial charge in [0.15, 0.2) is 0 Å². The van der Waals surface area contributed by atoms with Gasteiger partial charge >= 0.3 is 0 Å². The highest BCUT2D eigenvalue weighted by Gasteiger charge is 2.15. The Morgan fingerprint density at radius 2 is 2.20 bits per heavy atom. The third-order valence-electron chi connectivity index (χ3n) is 2.69. The lowest BCUT2D eigenvalue weighted by Crippen LogP contribution is -2.35. The van der Waals surface area contributed by atoms with Crippen LogP contribution in [0, 0.1) is 0 Å². The van der Waals surface area contributed by atoms with Crippen molar-refractivity contribution in [3.05, 3.63) is 10.7 Å². The van der Waals surface area contributed by atoms with Crippen LogP contribution < -0.4 is 16.0 Å². The molecule has 0 bridgehead atoms. The summed E-state index contributed by atoms with van der Waals surface area (Å²) in [5, 5.41) is 3.14. The first kappa shape index (κ1) is 16.7. The smallest absolute Gasteiger partial charge is 0.236 e. The summed E-state index contributed by atoms with van der Waals surface area (Å²) in [6, 6.07) is 0. The standard InChI is InChI=1S/C13H22BrN5O/c1-3-5-7-19(9-11(15)20)12-10(14)8-17-13(18-12)16-6-4-2/h8H,3-7,9H2,1-2H3,(H2,15,20)(H,16,17,18). The topological polar surface area (TPSA) is 84.1 Å². The van der Waals surface area contributed by atoms with Crippen molar-refractivity contribution in [3.8, 4) is 0 Å². The molecule has 112 valence electrons. The highest BCUT2D eigenvalue weighted by atomic mass is 79.9. The number of primary amides is 1. The summed E-state index contributed by atoms with van der Waals surface area (Å²) in [5.74, 6) is 0.900. The zero-order valence-corrected chi connectivity index (χ0v) is 13.6. The van der Waals surface area contributed by atoms with Crippen molar-refractivity contribution < 1.29 is 4.79 Å². The van der Waals surface area contributed by atoms with Gasteiger partial charge in [-0.1, -0.05) is 20.3 Å². The fourth-order valence-electron chi connectivity index (χ4n) is 1.70. The summed E-state index contributed by atoms with van der Waals surface area (Å²) >= 11 is 3.43. The highest BCUT2D eigenvalue weighted by Crippen LogP contribution is 2.24. The van der Waals surface area contributed by atoms with Gasteiger partial charge in [-0.05, 0) is 28.8 Å². The number of halogens is 1. The van der Waals surface area contributed by atoms with Crippen LogP contribution in [0.5, 0.6) is 0 Å². The summed E-state index contributed by atoms with van der Waals surface area (Å²) in [7, 11) is 0. The molecule has 20 heavy (non-hydrogen) atoms. The van der Waals surface area contributed by atoms with Crippen LogP contribution in [0.3, 0.4) is 0 Å². The van der Waals surface area contributed by atoms with Gasteiger partial charge in [0.25, 0.3) is 0 Å². The summed E-state index contributed by atoms with van der Waals surface area (Å²) in [6.45, 7) is 5.88. The van der Waals surface area contributed by atoms with Crippen molar-refractivity contribution in [3.63, 3.8) is 0 Å². The first-order valence-corrected chi connectivity index (χ1v) is 7.67. The number of hydrogen-bond donors (Lipinski definition) is 2. The van der Waals surface area contributed by atoms with E-state index in [9.17, 15) is 4.79 Å². The average Bonchev–Trinajstić information content (AvgIpc) is 2.42. The van der Waals surface area contributed by atoms with Gasteiger partial charge in [0, 0.05) is 19.3 Å². The van der Waals surface area contributed by atoms with Gasteiger partial charge in [0.05, 0.1) is 11.0 Å². The minimum absolute atomic E-state index is 0.156. The van der Waals surface area contributed by atoms with E-state index in [2.05, 4.69) is 45.1 Å². The van der Waals surface area contributed by atoms with Crippen LogP contribution in [-0.2, 0) is 4.79 Å². The molecule has 0 atom stereocenters. The predicted octanol–water partition coefficient (Wildman–Crippen LogP) is 2.15. The second-order valence-corrected chi connectivity index (χ2v) is 5.39. The Hall–Kier alpha value is -1.37. The SMILES string of the molecule is CCCCN(CC(N)=O)c1nc(NCCC)ncc1Br. The zero-order chi connectivity index (χ0) is 15.0. The minimum Gasteiger partial charge on any atom is -0.368 e. The number of nitrogens with one attached hydrogen (secondary N) is 1. The van der Waals surface area contributed by atoms with Gasteiger partial charge < -0.3 is 16.0 Å². The van der Waals surface area contributed by atoms with E-state index in [0.717, 1.165) is 36.8 Å². The molecule has 0 aromatic carbocycles. The largest absolute Gasteiger partial charge is 0.368 e. The summed E-state index contributed by atoms with van der Waals surface area (Å²) in [6.07, 6.45) is 4.70. The number of anilines is 2. The molecule has 1 amide bonds. The first-order valence-electron chi connectivity index (χ1n) is 6.88. The number of rotatable bonds is 9. The Morgan fingerprint density at radius 3 is 2.80 bits per heavy atom. The molecule has 1 rings (SSSR count). The van der Waals surface area contributed by atoms with Gasteiger partial charge in [-0.25, -0.2) is 4.98 Å². The van der Waals surface area contributed by atoms with E-state index in [4.69, 9.17) is 5.73 Å². The number of aromatic nitrogens is 2. The molecular weight excluding hydrogens is 322 g/mol. The van der Waals surface area contributed by atoms with E-state index < -0.39 is 0 Å². The van der Waals surface area contributed by atoms with Crippen LogP contribution >= 0.6 is 15.9 Å². The lowest BCUT2D eigenvalue weighted by atomic mass is 10.3. The van der Waals surface area contributed by atoms with Crippen molar-refractivity contribution in [2.24, 2.45) is 5.73 Å². The van der Waals surface area contributed by atoms with Gasteiger partial charge in [0.1, 0.15) is 5.82 Å². The summed E-state index contributed by atoms with van der Waals surface area (Å²) < 4.78 is 0.761. The second-order valence-electron chi connectivity index (χ2n) is 4.53. The molecule has 1 heterocycles. The van der Waals surface area contributed by atoms with Crippen molar-refractivity contribution >= 4 is 33.6 Å². The Labute approximate surface area is 128 Å². The van der Waals surface area contributed by atoms with Crippen LogP contribution in [-0.4, -0.2) is 35.5 Å². The molecule has 1 aromatic heterocycles. The number of nitrogens with two attached hydrogens (primary N) is 1. The molecular formula is C13H22BrN5O. The highest BCUT2D eigenvalue weighted by molar-refractivity contribution is 9.10. The molecule has 0 radical (unpaired) electrons. The van der Waals surface area contributed by atoms with Crippen molar-refractivity contribution in [1.82, 2.24) is 9.97 Å². The summed E-state index contributed by atoms with van der Waals surface area (Å²) in [5.41, 5.74) is 5.32. The Balaban J connectivity index is 2.94. The Bertz CT molecular complexity index is 441. The molecule has 7 heteroatoms. The fraction of sp³-hybridized carbons (Fsp3) is 0.615. The maximum absolute atomic E-state index is 11.2. The third kappa shape index (κ3) is 5.32. The molecule has 6 nitrogen and oxygen atoms in total. The van der Waals surface area contributed by atoms with E-state index >= 15 is 0 Å². The van der Waals surface area contributed by atoms with Crippen LogP contribution in [0.25, 0.3) is 0 Å². The maximum Gasteiger partial charge on any atom is 0.236 e. The fourth-order valence-corrected chi connectivity index (χ4v) is 2.14. The molecule has 1 aromatic rings. The number of amides is 1. The Morgan fingerprint density at radius 1 is 1.45 bits per heavy atom. The lowest BCUT2D eigenvalue weighted by molar-refractivity contribution is -0.116. The third-order valence-corrected chi connectivity index (χ3v) is 3.25. The van der Waals surface area contributed by atoms with E-state index in [1.807, 2.05) is 4.90 Å². The zero-order valence-electron chi connectivity index (χ0n) is 12.0. The average molecular weight is 344 g/mol. The van der Waals surface area contributed by atoms with E-state index in [0.29, 0.717) is 11.8 Å². The number of carbonyl (C=O) groups is 1. The number of hydrogen-bond acceptors (Lipinski definition) is 5. The number of carbonyl (C=O) groups excluding carboxylic acids is 1. The maximum atomic E-state index is 11.2.